The largest absolute Gasteiger partial charge is 0.287 e. The lowest BCUT2D eigenvalue weighted by Gasteiger charge is -2.06. The van der Waals surface area contributed by atoms with Crippen molar-refractivity contribution in [2.75, 3.05) is 0 Å². The van der Waals surface area contributed by atoms with Crippen LogP contribution in [0.5, 0.6) is 0 Å². The van der Waals surface area contributed by atoms with E-state index in [1.807, 2.05) is 6.07 Å². The van der Waals surface area contributed by atoms with E-state index in [0.717, 1.165) is 12.3 Å². The summed E-state index contributed by atoms with van der Waals surface area (Å²) in [7, 11) is 0. The topological polar surface area (TPSA) is 79.8 Å². The number of aromatic nitrogens is 1. The van der Waals surface area contributed by atoms with Crippen LogP contribution in [0.2, 0.25) is 0 Å². The van der Waals surface area contributed by atoms with Gasteiger partial charge in [-0.1, -0.05) is 0 Å². The van der Waals surface area contributed by atoms with Gasteiger partial charge in [-0.15, -0.1) is 0 Å². The second-order valence-electron chi connectivity index (χ2n) is 2.98. The summed E-state index contributed by atoms with van der Waals surface area (Å²) in [6.45, 7) is 0.698. The molecule has 6 heteroatoms. The molecule has 1 aromatic heterocycles. The number of halogens is 1. The van der Waals surface area contributed by atoms with Crippen molar-refractivity contribution in [3.63, 3.8) is 0 Å². The normalized spacial score (nSPS) is 11.8. The highest BCUT2D eigenvalue weighted by Gasteiger charge is 2.16. The van der Waals surface area contributed by atoms with Gasteiger partial charge in [-0.25, -0.2) is 4.39 Å². The molecule has 1 unspecified atom stereocenters. The Balaban J connectivity index is 3.22. The molecule has 0 saturated carbocycles. The Morgan fingerprint density at radius 1 is 1.80 bits per heavy atom. The summed E-state index contributed by atoms with van der Waals surface area (Å²) >= 11 is 0. The van der Waals surface area contributed by atoms with Crippen LogP contribution in [0.15, 0.2) is 12.3 Å². The first-order valence-corrected chi connectivity index (χ1v) is 4.19. The smallest absolute Gasteiger partial charge is 0.258 e. The molecule has 0 fully saturated rings. The van der Waals surface area contributed by atoms with E-state index >= 15 is 0 Å². The van der Waals surface area contributed by atoms with E-state index in [0.29, 0.717) is 0 Å². The minimum absolute atomic E-state index is 0.0956. The second-order valence-corrected chi connectivity index (χ2v) is 2.98. The summed E-state index contributed by atoms with van der Waals surface area (Å²) in [5, 5.41) is 19.0. The van der Waals surface area contributed by atoms with Gasteiger partial charge in [-0.3, -0.25) is 15.1 Å². The minimum Gasteiger partial charge on any atom is -0.258 e. The summed E-state index contributed by atoms with van der Waals surface area (Å²) in [6, 6.07) is 3.01. The Labute approximate surface area is 85.3 Å². The van der Waals surface area contributed by atoms with Gasteiger partial charge in [0.1, 0.15) is 12.9 Å². The first kappa shape index (κ1) is 11.0. The van der Waals surface area contributed by atoms with Gasteiger partial charge in [0.05, 0.1) is 22.6 Å². The van der Waals surface area contributed by atoms with Crippen LogP contribution in [0.4, 0.5) is 10.1 Å². The molecule has 78 valence electrons. The predicted octanol–water partition coefficient (Wildman–Crippen LogP) is 2.09. The van der Waals surface area contributed by atoms with Gasteiger partial charge in [-0.2, -0.15) is 5.26 Å². The summed E-state index contributed by atoms with van der Waals surface area (Å²) in [4.78, 5) is 13.5. The zero-order valence-electron chi connectivity index (χ0n) is 7.98. The maximum atomic E-state index is 12.6. The molecular weight excluding hydrogens is 201 g/mol. The highest BCUT2D eigenvalue weighted by molar-refractivity contribution is 5.36. The molecule has 0 saturated heterocycles. The van der Waals surface area contributed by atoms with E-state index in [1.54, 1.807) is 6.92 Å². The van der Waals surface area contributed by atoms with Crippen molar-refractivity contribution in [3.8, 4) is 6.07 Å². The number of alkyl halides is 1. The lowest BCUT2D eigenvalue weighted by Crippen LogP contribution is -2.01. The van der Waals surface area contributed by atoms with Crippen molar-refractivity contribution in [2.24, 2.45) is 0 Å². The van der Waals surface area contributed by atoms with Crippen LogP contribution < -0.4 is 0 Å². The van der Waals surface area contributed by atoms with Crippen molar-refractivity contribution >= 4 is 5.69 Å². The first-order valence-electron chi connectivity index (χ1n) is 4.19. The molecule has 0 amide bonds. The van der Waals surface area contributed by atoms with Gasteiger partial charge < -0.3 is 0 Å². The second kappa shape index (κ2) is 4.46. The number of nitrogens with zero attached hydrogens (tertiary/aromatic N) is 3. The zero-order chi connectivity index (χ0) is 11.4. The van der Waals surface area contributed by atoms with Crippen molar-refractivity contribution < 1.29 is 9.31 Å². The Kier molecular flexibility index (Phi) is 3.29. The van der Waals surface area contributed by atoms with Crippen molar-refractivity contribution in [1.29, 1.82) is 5.26 Å². The van der Waals surface area contributed by atoms with Crippen LogP contribution in [-0.2, 0) is 6.67 Å². The quantitative estimate of drug-likeness (QED) is 0.563. The van der Waals surface area contributed by atoms with Crippen molar-refractivity contribution in [3.05, 3.63) is 33.6 Å². The third-order valence-electron chi connectivity index (χ3n) is 1.95. The van der Waals surface area contributed by atoms with E-state index < -0.39 is 17.5 Å². The molecule has 0 spiro atoms. The van der Waals surface area contributed by atoms with E-state index in [4.69, 9.17) is 5.26 Å². The molecule has 1 heterocycles. The van der Waals surface area contributed by atoms with Crippen LogP contribution in [0.1, 0.15) is 24.1 Å². The third-order valence-corrected chi connectivity index (χ3v) is 1.95. The van der Waals surface area contributed by atoms with E-state index in [-0.39, 0.29) is 16.9 Å². The Morgan fingerprint density at radius 3 is 2.93 bits per heavy atom. The SMILES string of the molecule is CC(C#N)c1ncc([N+](=O)[O-])cc1CF. The number of hydrogen-bond acceptors (Lipinski definition) is 4. The lowest BCUT2D eigenvalue weighted by molar-refractivity contribution is -0.385. The van der Waals surface area contributed by atoms with Crippen molar-refractivity contribution in [1.82, 2.24) is 4.98 Å². The van der Waals surface area contributed by atoms with Crippen LogP contribution in [0.25, 0.3) is 0 Å². The summed E-state index contributed by atoms with van der Waals surface area (Å²) in [6.07, 6.45) is 1.03. The molecule has 5 nitrogen and oxygen atoms in total. The van der Waals surface area contributed by atoms with E-state index in [9.17, 15) is 14.5 Å². The number of pyridine rings is 1. The molecule has 0 radical (unpaired) electrons. The predicted molar refractivity (Wildman–Crippen MR) is 49.7 cm³/mol. The van der Waals surface area contributed by atoms with Gasteiger partial charge in [0, 0.05) is 11.6 Å². The first-order chi connectivity index (χ1) is 7.10. The highest BCUT2D eigenvalue weighted by atomic mass is 19.1. The number of nitriles is 1. The fourth-order valence-electron chi connectivity index (χ4n) is 1.17. The number of hydrogen-bond donors (Lipinski definition) is 0. The van der Waals surface area contributed by atoms with Gasteiger partial charge in [0.2, 0.25) is 0 Å². The molecule has 0 aliphatic rings. The lowest BCUT2D eigenvalue weighted by atomic mass is 10.0. The van der Waals surface area contributed by atoms with Crippen LogP contribution in [-0.4, -0.2) is 9.91 Å². The molecule has 0 N–H and O–H groups in total. The van der Waals surface area contributed by atoms with Gasteiger partial charge in [0.15, 0.2) is 0 Å². The molecule has 0 aliphatic heterocycles. The Morgan fingerprint density at radius 2 is 2.47 bits per heavy atom. The Hall–Kier alpha value is -2.03. The van der Waals surface area contributed by atoms with Crippen molar-refractivity contribution in [2.45, 2.75) is 19.5 Å². The minimum atomic E-state index is -0.865. The van der Waals surface area contributed by atoms with Crippen LogP contribution in [0, 0.1) is 21.4 Å². The van der Waals surface area contributed by atoms with Gasteiger partial charge >= 0.3 is 0 Å². The molecule has 0 aromatic carbocycles. The van der Waals surface area contributed by atoms with Gasteiger partial charge in [-0.05, 0) is 6.92 Å². The Bertz CT molecular complexity index is 428. The third kappa shape index (κ3) is 2.26. The highest BCUT2D eigenvalue weighted by Crippen LogP contribution is 2.22. The molecular formula is C9H8FN3O2. The standard InChI is InChI=1S/C9H8FN3O2/c1-6(4-11)9-7(3-10)2-8(5-12-9)13(14)15/h2,5-6H,3H2,1H3. The molecule has 0 bridgehead atoms. The van der Waals surface area contributed by atoms with Gasteiger partial charge in [0.25, 0.3) is 5.69 Å². The maximum absolute atomic E-state index is 12.6. The average molecular weight is 209 g/mol. The van der Waals surface area contributed by atoms with Crippen LogP contribution in [0.3, 0.4) is 0 Å². The maximum Gasteiger partial charge on any atom is 0.287 e. The zero-order valence-corrected chi connectivity index (χ0v) is 7.98. The summed E-state index contributed by atoms with van der Waals surface area (Å²) < 4.78 is 12.6. The molecule has 0 aliphatic carbocycles. The fraction of sp³-hybridized carbons (Fsp3) is 0.333. The number of rotatable bonds is 3. The summed E-state index contributed by atoms with van der Waals surface area (Å²) in [5.41, 5.74) is 0.0837. The molecule has 15 heavy (non-hydrogen) atoms. The number of nitro groups is 1. The fourth-order valence-corrected chi connectivity index (χ4v) is 1.17. The van der Waals surface area contributed by atoms with E-state index in [2.05, 4.69) is 4.98 Å². The molecule has 1 aromatic rings. The summed E-state index contributed by atoms with van der Waals surface area (Å²) in [5.74, 6) is -0.573. The monoisotopic (exact) mass is 209 g/mol. The molecule has 1 atom stereocenters. The average Bonchev–Trinajstić information content (AvgIpc) is 2.27. The van der Waals surface area contributed by atoms with Crippen LogP contribution >= 0.6 is 0 Å². The van der Waals surface area contributed by atoms with E-state index in [1.165, 1.54) is 0 Å². The molecule has 1 rings (SSSR count).